The molecule has 0 aliphatic heterocycles. The number of aliphatic hydroxyl groups is 1. The van der Waals surface area contributed by atoms with Crippen molar-refractivity contribution in [1.29, 1.82) is 0 Å². The first-order valence-electron chi connectivity index (χ1n) is 9.74. The van der Waals surface area contributed by atoms with Gasteiger partial charge in [0.1, 0.15) is 4.88 Å². The Morgan fingerprint density at radius 2 is 1.61 bits per heavy atom. The van der Waals surface area contributed by atoms with Crippen molar-refractivity contribution < 1.29 is 19.4 Å². The number of rotatable bonds is 11. The van der Waals surface area contributed by atoms with Gasteiger partial charge in [-0.15, -0.1) is 22.7 Å². The van der Waals surface area contributed by atoms with E-state index < -0.39 is 12.3 Å². The lowest BCUT2D eigenvalue weighted by Gasteiger charge is -2.10. The van der Waals surface area contributed by atoms with Gasteiger partial charge in [0.25, 0.3) is 0 Å². The van der Waals surface area contributed by atoms with Gasteiger partial charge in [-0.05, 0) is 13.8 Å². The summed E-state index contributed by atoms with van der Waals surface area (Å²) in [5.41, 5.74) is 1.28. The molecule has 4 rings (SSSR count). The molecule has 33 heavy (non-hydrogen) atoms. The molecule has 0 aliphatic rings. The van der Waals surface area contributed by atoms with Gasteiger partial charge in [-0.2, -0.15) is 0 Å². The van der Waals surface area contributed by atoms with Crippen LogP contribution in [0.4, 0.5) is 20.5 Å². The fourth-order valence-electron chi connectivity index (χ4n) is 2.64. The minimum Gasteiger partial charge on any atom is -0.461 e. The molecule has 1 atom stereocenters. The average Bonchev–Trinajstić information content (AvgIpc) is 3.57. The summed E-state index contributed by atoms with van der Waals surface area (Å²) in [6.07, 6.45) is 2.73. The summed E-state index contributed by atoms with van der Waals surface area (Å²) in [5.74, 6) is -0.436. The number of ether oxygens (including phenoxy) is 2. The van der Waals surface area contributed by atoms with Crippen LogP contribution in [-0.2, 0) is 9.47 Å². The molecule has 0 spiro atoms. The van der Waals surface area contributed by atoms with Crippen LogP contribution in [0.5, 0.6) is 0 Å². The molecule has 0 radical (unpaired) electrons. The minimum absolute atomic E-state index is 0.163. The second kappa shape index (κ2) is 11.1. The van der Waals surface area contributed by atoms with E-state index in [4.69, 9.17) is 9.47 Å². The number of esters is 1. The van der Waals surface area contributed by atoms with Crippen LogP contribution in [0.2, 0.25) is 0 Å². The van der Waals surface area contributed by atoms with Gasteiger partial charge in [-0.25, -0.2) is 24.7 Å². The Hall–Kier alpha value is -2.49. The standard InChI is InChI=1S/C19H20N6O4S4/c1-10-12(32-18(22-10)24-16-20-4-8-30-16)14(26)28-6-3-7-29-15(27)13-11(2)23-19(33-13)25-17-21-5-9-31-17/h4-5,8-9,14,26H,3,6-7H2,1-2H3,(H,20,22,24)(H,21,23,25). The van der Waals surface area contributed by atoms with Crippen molar-refractivity contribution >= 4 is 71.8 Å². The Morgan fingerprint density at radius 1 is 0.970 bits per heavy atom. The molecule has 4 heterocycles. The number of anilines is 4. The molecule has 4 aromatic rings. The molecule has 14 heteroatoms. The second-order valence-electron chi connectivity index (χ2n) is 6.54. The SMILES string of the molecule is Cc1nc(Nc2nccs2)sc1C(=O)OCCCOC(O)c1sc(Nc2nccs2)nc1C. The normalized spacial score (nSPS) is 12.0. The van der Waals surface area contributed by atoms with Gasteiger partial charge in [0, 0.05) is 29.6 Å². The number of hydrogen-bond donors (Lipinski definition) is 3. The highest BCUT2D eigenvalue weighted by molar-refractivity contribution is 7.18. The third kappa shape index (κ3) is 6.31. The van der Waals surface area contributed by atoms with E-state index in [1.165, 1.54) is 45.3 Å². The van der Waals surface area contributed by atoms with Crippen molar-refractivity contribution in [3.05, 3.63) is 44.3 Å². The third-order valence-corrected chi connectivity index (χ3v) is 7.66. The van der Waals surface area contributed by atoms with E-state index in [2.05, 4.69) is 30.6 Å². The number of carbonyl (C=O) groups excluding carboxylic acids is 1. The molecule has 0 saturated carbocycles. The summed E-state index contributed by atoms with van der Waals surface area (Å²) >= 11 is 5.44. The van der Waals surface area contributed by atoms with Crippen LogP contribution >= 0.6 is 45.3 Å². The maximum absolute atomic E-state index is 12.4. The Balaban J connectivity index is 1.20. The molecule has 0 amide bonds. The zero-order chi connectivity index (χ0) is 23.2. The summed E-state index contributed by atoms with van der Waals surface area (Å²) in [6, 6.07) is 0. The van der Waals surface area contributed by atoms with Crippen LogP contribution in [0.1, 0.15) is 38.6 Å². The van der Waals surface area contributed by atoms with Gasteiger partial charge in [0.2, 0.25) is 0 Å². The van der Waals surface area contributed by atoms with E-state index in [9.17, 15) is 9.90 Å². The summed E-state index contributed by atoms with van der Waals surface area (Å²) in [4.78, 5) is 30.5. The zero-order valence-corrected chi connectivity index (χ0v) is 20.9. The van der Waals surface area contributed by atoms with Crippen LogP contribution in [0.15, 0.2) is 23.2 Å². The molecule has 0 bridgehead atoms. The van der Waals surface area contributed by atoms with Gasteiger partial charge in [0.15, 0.2) is 26.8 Å². The Morgan fingerprint density at radius 3 is 2.24 bits per heavy atom. The molecule has 174 valence electrons. The Kier molecular flexibility index (Phi) is 7.95. The third-order valence-electron chi connectivity index (χ3n) is 4.13. The average molecular weight is 525 g/mol. The Bertz CT molecular complexity index is 1180. The number of nitrogens with one attached hydrogen (secondary N) is 2. The minimum atomic E-state index is -1.10. The van der Waals surface area contributed by atoms with Crippen molar-refractivity contribution in [1.82, 2.24) is 19.9 Å². The lowest BCUT2D eigenvalue weighted by Crippen LogP contribution is -2.10. The lowest BCUT2D eigenvalue weighted by molar-refractivity contribution is -0.103. The maximum atomic E-state index is 12.4. The van der Waals surface area contributed by atoms with E-state index in [1.54, 1.807) is 19.3 Å². The van der Waals surface area contributed by atoms with Crippen LogP contribution in [0.25, 0.3) is 0 Å². The van der Waals surface area contributed by atoms with Crippen LogP contribution in [0.3, 0.4) is 0 Å². The quantitative estimate of drug-likeness (QED) is 0.142. The van der Waals surface area contributed by atoms with E-state index in [0.29, 0.717) is 43.0 Å². The van der Waals surface area contributed by atoms with Crippen LogP contribution in [0, 0.1) is 13.8 Å². The first-order chi connectivity index (χ1) is 16.0. The largest absolute Gasteiger partial charge is 0.461 e. The van der Waals surface area contributed by atoms with Crippen LogP contribution in [-0.4, -0.2) is 44.2 Å². The molecule has 4 aromatic heterocycles. The van der Waals surface area contributed by atoms with Crippen molar-refractivity contribution in [3.63, 3.8) is 0 Å². The van der Waals surface area contributed by atoms with Crippen molar-refractivity contribution in [2.24, 2.45) is 0 Å². The Labute approximate surface area is 205 Å². The van der Waals surface area contributed by atoms with Crippen LogP contribution < -0.4 is 10.6 Å². The highest BCUT2D eigenvalue weighted by atomic mass is 32.1. The van der Waals surface area contributed by atoms with Gasteiger partial charge in [-0.3, -0.25) is 0 Å². The number of hydrogen-bond acceptors (Lipinski definition) is 14. The maximum Gasteiger partial charge on any atom is 0.350 e. The monoisotopic (exact) mass is 524 g/mol. The number of nitrogens with zero attached hydrogens (tertiary/aromatic N) is 4. The van der Waals surface area contributed by atoms with Crippen molar-refractivity contribution in [2.45, 2.75) is 26.6 Å². The molecule has 1 unspecified atom stereocenters. The number of aliphatic hydroxyl groups excluding tert-OH is 1. The highest BCUT2D eigenvalue weighted by Gasteiger charge is 2.19. The van der Waals surface area contributed by atoms with Gasteiger partial charge in [-0.1, -0.05) is 22.7 Å². The van der Waals surface area contributed by atoms with Gasteiger partial charge in [0.05, 0.1) is 29.5 Å². The molecule has 0 aliphatic carbocycles. The van der Waals surface area contributed by atoms with E-state index in [1.807, 2.05) is 17.7 Å². The molecule has 0 saturated heterocycles. The van der Waals surface area contributed by atoms with Gasteiger partial charge >= 0.3 is 5.97 Å². The summed E-state index contributed by atoms with van der Waals surface area (Å²) in [5, 5.41) is 22.9. The summed E-state index contributed by atoms with van der Waals surface area (Å²) in [6.45, 7) is 3.95. The predicted octanol–water partition coefficient (Wildman–Crippen LogP) is 4.87. The molecule has 3 N–H and O–H groups in total. The number of aryl methyl sites for hydroxylation is 2. The molecule has 10 nitrogen and oxygen atoms in total. The predicted molar refractivity (Wildman–Crippen MR) is 130 cm³/mol. The lowest BCUT2D eigenvalue weighted by atomic mass is 10.4. The van der Waals surface area contributed by atoms with Crippen molar-refractivity contribution in [3.8, 4) is 0 Å². The van der Waals surface area contributed by atoms with Crippen molar-refractivity contribution in [2.75, 3.05) is 23.8 Å². The first kappa shape index (κ1) is 23.7. The number of aromatic nitrogens is 4. The number of carbonyl (C=O) groups is 1. The topological polar surface area (TPSA) is 131 Å². The van der Waals surface area contributed by atoms with Gasteiger partial charge < -0.3 is 25.2 Å². The second-order valence-corrected chi connectivity index (χ2v) is 10.4. The molecular weight excluding hydrogens is 505 g/mol. The smallest absolute Gasteiger partial charge is 0.350 e. The fourth-order valence-corrected chi connectivity index (χ4v) is 5.59. The van der Waals surface area contributed by atoms with E-state index in [-0.39, 0.29) is 13.2 Å². The van der Waals surface area contributed by atoms with E-state index >= 15 is 0 Å². The summed E-state index contributed by atoms with van der Waals surface area (Å²) < 4.78 is 10.8. The fraction of sp³-hybridized carbons (Fsp3) is 0.316. The summed E-state index contributed by atoms with van der Waals surface area (Å²) in [7, 11) is 0. The molecule has 0 fully saturated rings. The number of thiazole rings is 4. The first-order valence-corrected chi connectivity index (χ1v) is 13.1. The zero-order valence-electron chi connectivity index (χ0n) is 17.6. The van der Waals surface area contributed by atoms with E-state index in [0.717, 1.165) is 5.13 Å². The molecular formula is C19H20N6O4S4. The highest BCUT2D eigenvalue weighted by Crippen LogP contribution is 2.31. The molecule has 0 aromatic carbocycles.